The van der Waals surface area contributed by atoms with E-state index in [-0.39, 0.29) is 0 Å². The van der Waals surface area contributed by atoms with Gasteiger partial charge in [0.25, 0.3) is 0 Å². The summed E-state index contributed by atoms with van der Waals surface area (Å²) >= 11 is 5.20. The number of halogens is 1. The molecule has 2 rings (SSSR count). The molecule has 18 heavy (non-hydrogen) atoms. The van der Waals surface area contributed by atoms with Gasteiger partial charge in [-0.3, -0.25) is 9.88 Å². The van der Waals surface area contributed by atoms with E-state index in [0.29, 0.717) is 6.54 Å². The predicted octanol–water partition coefficient (Wildman–Crippen LogP) is 3.00. The molecule has 0 aromatic carbocycles. The lowest BCUT2D eigenvalue weighted by atomic mass is 10.2. The third kappa shape index (κ3) is 3.88. The Labute approximate surface area is 120 Å². The molecule has 5 heteroatoms. The maximum Gasteiger partial charge on any atom is 0.0701 e. The molecule has 0 aliphatic carbocycles. The van der Waals surface area contributed by atoms with Crippen molar-refractivity contribution >= 4 is 27.3 Å². The van der Waals surface area contributed by atoms with Gasteiger partial charge in [0.15, 0.2) is 0 Å². The van der Waals surface area contributed by atoms with Gasteiger partial charge in [-0.1, -0.05) is 6.07 Å². The Morgan fingerprint density at radius 2 is 2.11 bits per heavy atom. The molecule has 0 fully saturated rings. The van der Waals surface area contributed by atoms with Crippen LogP contribution in [0, 0.1) is 0 Å². The highest BCUT2D eigenvalue weighted by atomic mass is 79.9. The Morgan fingerprint density at radius 3 is 2.78 bits per heavy atom. The maximum absolute atomic E-state index is 5.60. The molecule has 0 amide bonds. The van der Waals surface area contributed by atoms with Crippen molar-refractivity contribution < 1.29 is 0 Å². The van der Waals surface area contributed by atoms with E-state index in [1.807, 2.05) is 18.2 Å². The van der Waals surface area contributed by atoms with Crippen LogP contribution in [0.3, 0.4) is 0 Å². The van der Waals surface area contributed by atoms with Crippen molar-refractivity contribution in [3.8, 4) is 0 Å². The normalized spacial score (nSPS) is 11.1. The molecular formula is C13H16BrN3S. The first-order chi connectivity index (χ1) is 8.67. The van der Waals surface area contributed by atoms with Crippen molar-refractivity contribution in [3.05, 3.63) is 50.4 Å². The van der Waals surface area contributed by atoms with E-state index in [1.165, 1.54) is 9.35 Å². The SMILES string of the molecule is CN(Cc1csc(Br)c1)Cc1cccc(CN)n1. The van der Waals surface area contributed by atoms with Crippen molar-refractivity contribution in [1.29, 1.82) is 0 Å². The van der Waals surface area contributed by atoms with E-state index in [2.05, 4.69) is 44.3 Å². The van der Waals surface area contributed by atoms with E-state index < -0.39 is 0 Å². The molecule has 0 radical (unpaired) electrons. The van der Waals surface area contributed by atoms with Crippen molar-refractivity contribution in [2.45, 2.75) is 19.6 Å². The number of nitrogens with two attached hydrogens (primary N) is 1. The molecule has 0 atom stereocenters. The summed E-state index contributed by atoms with van der Waals surface area (Å²) in [5, 5.41) is 2.17. The van der Waals surface area contributed by atoms with Gasteiger partial charge in [-0.15, -0.1) is 11.3 Å². The van der Waals surface area contributed by atoms with Gasteiger partial charge in [0.2, 0.25) is 0 Å². The fourth-order valence-corrected chi connectivity index (χ4v) is 3.00. The highest BCUT2D eigenvalue weighted by molar-refractivity contribution is 9.11. The Bertz CT molecular complexity index is 512. The number of pyridine rings is 1. The van der Waals surface area contributed by atoms with Crippen LogP contribution in [0.2, 0.25) is 0 Å². The van der Waals surface area contributed by atoms with E-state index in [1.54, 1.807) is 11.3 Å². The van der Waals surface area contributed by atoms with Gasteiger partial charge in [0.1, 0.15) is 0 Å². The van der Waals surface area contributed by atoms with Crippen LogP contribution in [0.15, 0.2) is 33.4 Å². The summed E-state index contributed by atoms with van der Waals surface area (Å²) in [4.78, 5) is 6.75. The van der Waals surface area contributed by atoms with E-state index in [9.17, 15) is 0 Å². The number of aromatic nitrogens is 1. The summed E-state index contributed by atoms with van der Waals surface area (Å²) in [5.41, 5.74) is 8.93. The Morgan fingerprint density at radius 1 is 1.33 bits per heavy atom. The second-order valence-electron chi connectivity index (χ2n) is 4.26. The van der Waals surface area contributed by atoms with E-state index >= 15 is 0 Å². The zero-order valence-electron chi connectivity index (χ0n) is 10.3. The number of thiophene rings is 1. The zero-order chi connectivity index (χ0) is 13.0. The lowest BCUT2D eigenvalue weighted by molar-refractivity contribution is 0.315. The summed E-state index contributed by atoms with van der Waals surface area (Å²) in [6.45, 7) is 2.26. The fourth-order valence-electron chi connectivity index (χ4n) is 1.80. The van der Waals surface area contributed by atoms with Gasteiger partial charge < -0.3 is 5.73 Å². The minimum atomic E-state index is 0.495. The van der Waals surface area contributed by atoms with Gasteiger partial charge in [-0.25, -0.2) is 0 Å². The van der Waals surface area contributed by atoms with Crippen molar-refractivity contribution in [3.63, 3.8) is 0 Å². The Kier molecular flexibility index (Phi) is 4.88. The van der Waals surface area contributed by atoms with Crippen LogP contribution in [-0.2, 0) is 19.6 Å². The number of nitrogens with zero attached hydrogens (tertiary/aromatic N) is 2. The van der Waals surface area contributed by atoms with Crippen molar-refractivity contribution in [2.24, 2.45) is 5.73 Å². The molecule has 0 unspecified atom stereocenters. The van der Waals surface area contributed by atoms with Gasteiger partial charge in [0, 0.05) is 19.6 Å². The zero-order valence-corrected chi connectivity index (χ0v) is 12.7. The monoisotopic (exact) mass is 325 g/mol. The standard InChI is InChI=1S/C13H16BrN3S/c1-17(7-10-5-13(14)18-9-10)8-12-4-2-3-11(6-15)16-12/h2-5,9H,6-8,15H2,1H3. The number of rotatable bonds is 5. The lowest BCUT2D eigenvalue weighted by Crippen LogP contribution is -2.18. The summed E-state index contributed by atoms with van der Waals surface area (Å²) < 4.78 is 1.18. The second-order valence-corrected chi connectivity index (χ2v) is 6.55. The van der Waals surface area contributed by atoms with Crippen LogP contribution in [0.4, 0.5) is 0 Å². The molecule has 0 bridgehead atoms. The summed E-state index contributed by atoms with van der Waals surface area (Å²) in [7, 11) is 2.10. The van der Waals surface area contributed by atoms with Crippen molar-refractivity contribution in [1.82, 2.24) is 9.88 Å². The molecular weight excluding hydrogens is 310 g/mol. The van der Waals surface area contributed by atoms with Gasteiger partial charge in [0.05, 0.1) is 15.2 Å². The van der Waals surface area contributed by atoms with Crippen LogP contribution in [-0.4, -0.2) is 16.9 Å². The third-order valence-electron chi connectivity index (χ3n) is 2.58. The lowest BCUT2D eigenvalue weighted by Gasteiger charge is -2.15. The summed E-state index contributed by atoms with van der Waals surface area (Å²) in [6.07, 6.45) is 0. The van der Waals surface area contributed by atoms with Crippen LogP contribution >= 0.6 is 27.3 Å². The summed E-state index contributed by atoms with van der Waals surface area (Å²) in [6, 6.07) is 8.17. The quantitative estimate of drug-likeness (QED) is 0.918. The third-order valence-corrected chi connectivity index (χ3v) is 4.13. The number of hydrogen-bond donors (Lipinski definition) is 1. The molecule has 2 heterocycles. The fraction of sp³-hybridized carbons (Fsp3) is 0.308. The minimum absolute atomic E-state index is 0.495. The molecule has 2 N–H and O–H groups in total. The van der Waals surface area contributed by atoms with Gasteiger partial charge in [-0.2, -0.15) is 0 Å². The average molecular weight is 326 g/mol. The van der Waals surface area contributed by atoms with Crippen molar-refractivity contribution in [2.75, 3.05) is 7.05 Å². The first-order valence-electron chi connectivity index (χ1n) is 5.73. The highest BCUT2D eigenvalue weighted by Gasteiger charge is 2.05. The molecule has 2 aromatic heterocycles. The minimum Gasteiger partial charge on any atom is -0.325 e. The summed E-state index contributed by atoms with van der Waals surface area (Å²) in [5.74, 6) is 0. The predicted molar refractivity (Wildman–Crippen MR) is 79.3 cm³/mol. The largest absolute Gasteiger partial charge is 0.325 e. The first-order valence-corrected chi connectivity index (χ1v) is 7.41. The topological polar surface area (TPSA) is 42.1 Å². The molecule has 0 saturated heterocycles. The van der Waals surface area contributed by atoms with Crippen LogP contribution < -0.4 is 5.73 Å². The number of hydrogen-bond acceptors (Lipinski definition) is 4. The molecule has 0 spiro atoms. The van der Waals surface area contributed by atoms with Crippen LogP contribution in [0.1, 0.15) is 17.0 Å². The molecule has 2 aromatic rings. The molecule has 0 saturated carbocycles. The molecule has 0 aliphatic rings. The van der Waals surface area contributed by atoms with Crippen LogP contribution in [0.25, 0.3) is 0 Å². The Balaban J connectivity index is 1.96. The van der Waals surface area contributed by atoms with E-state index in [0.717, 1.165) is 24.5 Å². The van der Waals surface area contributed by atoms with Gasteiger partial charge in [-0.05, 0) is 52.1 Å². The Hall–Kier alpha value is -0.750. The van der Waals surface area contributed by atoms with Crippen LogP contribution in [0.5, 0.6) is 0 Å². The van der Waals surface area contributed by atoms with E-state index in [4.69, 9.17) is 5.73 Å². The smallest absolute Gasteiger partial charge is 0.0701 e. The second kappa shape index (κ2) is 6.43. The average Bonchev–Trinajstić information content (AvgIpc) is 2.74. The van der Waals surface area contributed by atoms with Gasteiger partial charge >= 0.3 is 0 Å². The highest BCUT2D eigenvalue weighted by Crippen LogP contribution is 2.21. The molecule has 3 nitrogen and oxygen atoms in total. The first kappa shape index (κ1) is 13.7. The maximum atomic E-state index is 5.60. The molecule has 0 aliphatic heterocycles. The molecule has 96 valence electrons.